The Hall–Kier alpha value is -1.86. The largest absolute Gasteiger partial charge is 0.490 e. The molecule has 1 aliphatic rings. The van der Waals surface area contributed by atoms with Crippen molar-refractivity contribution in [2.75, 3.05) is 39.5 Å². The lowest BCUT2D eigenvalue weighted by molar-refractivity contribution is 0.0347. The average Bonchev–Trinajstić information content (AvgIpc) is 3.11. The van der Waals surface area contributed by atoms with Crippen LogP contribution in [-0.2, 0) is 9.47 Å². The molecule has 2 unspecified atom stereocenters. The molecule has 0 aromatic carbocycles. The van der Waals surface area contributed by atoms with E-state index in [0.717, 1.165) is 31.3 Å². The molecule has 2 N–H and O–H groups in total. The van der Waals surface area contributed by atoms with Gasteiger partial charge in [0.15, 0.2) is 5.96 Å². The van der Waals surface area contributed by atoms with Crippen molar-refractivity contribution in [1.29, 1.82) is 0 Å². The van der Waals surface area contributed by atoms with Gasteiger partial charge in [-0.2, -0.15) is 0 Å². The third-order valence-corrected chi connectivity index (χ3v) is 3.46. The van der Waals surface area contributed by atoms with E-state index in [9.17, 15) is 0 Å². The minimum Gasteiger partial charge on any atom is -0.490 e. The van der Waals surface area contributed by atoms with E-state index in [1.165, 1.54) is 0 Å². The first-order valence-electron chi connectivity index (χ1n) is 8.55. The molecular formula is C17H28N4O3. The van der Waals surface area contributed by atoms with Crippen LogP contribution in [0.15, 0.2) is 29.5 Å². The summed E-state index contributed by atoms with van der Waals surface area (Å²) in [5.74, 6) is 1.53. The van der Waals surface area contributed by atoms with Crippen LogP contribution in [-0.4, -0.2) is 62.6 Å². The summed E-state index contributed by atoms with van der Waals surface area (Å²) in [5, 5.41) is 6.58. The molecule has 0 spiro atoms. The van der Waals surface area contributed by atoms with Gasteiger partial charge in [0.2, 0.25) is 0 Å². The van der Waals surface area contributed by atoms with Crippen LogP contribution in [0.1, 0.15) is 20.3 Å². The van der Waals surface area contributed by atoms with Gasteiger partial charge in [0.25, 0.3) is 0 Å². The Morgan fingerprint density at radius 2 is 2.46 bits per heavy atom. The number of pyridine rings is 1. The third kappa shape index (κ3) is 7.14. The molecule has 0 bridgehead atoms. The maximum Gasteiger partial charge on any atom is 0.191 e. The minimum absolute atomic E-state index is 0.169. The van der Waals surface area contributed by atoms with Crippen molar-refractivity contribution in [3.8, 4) is 5.75 Å². The summed E-state index contributed by atoms with van der Waals surface area (Å²) in [6.45, 7) is 8.13. The molecule has 134 valence electrons. The molecule has 2 rings (SSSR count). The Balaban J connectivity index is 1.68. The molecule has 1 aromatic heterocycles. The van der Waals surface area contributed by atoms with Crippen molar-refractivity contribution in [3.05, 3.63) is 24.5 Å². The predicted molar refractivity (Wildman–Crippen MR) is 93.5 cm³/mol. The number of nitrogens with one attached hydrogen (secondary N) is 2. The second-order valence-corrected chi connectivity index (χ2v) is 5.66. The standard InChI is InChI=1S/C17H28N4O3/c1-3-19-17(20-8-10-23-15-5-4-7-18-11-15)21-14(2)12-24-16-6-9-22-13-16/h4-5,7,11,14,16H,3,6,8-10,12-13H2,1-2H3,(H2,19,20,21). The van der Waals surface area contributed by atoms with Gasteiger partial charge in [0, 0.05) is 25.4 Å². The Bertz CT molecular complexity index is 478. The zero-order valence-electron chi connectivity index (χ0n) is 14.5. The zero-order valence-corrected chi connectivity index (χ0v) is 14.5. The lowest BCUT2D eigenvalue weighted by atomic mass is 10.3. The Morgan fingerprint density at radius 1 is 1.54 bits per heavy atom. The third-order valence-electron chi connectivity index (χ3n) is 3.46. The van der Waals surface area contributed by atoms with Crippen LogP contribution in [0.2, 0.25) is 0 Å². The molecule has 24 heavy (non-hydrogen) atoms. The van der Waals surface area contributed by atoms with E-state index >= 15 is 0 Å². The van der Waals surface area contributed by atoms with Gasteiger partial charge < -0.3 is 24.8 Å². The van der Waals surface area contributed by atoms with E-state index in [1.807, 2.05) is 19.1 Å². The summed E-state index contributed by atoms with van der Waals surface area (Å²) in [6.07, 6.45) is 4.62. The van der Waals surface area contributed by atoms with Gasteiger partial charge in [-0.15, -0.1) is 0 Å². The van der Waals surface area contributed by atoms with Crippen LogP contribution in [0, 0.1) is 0 Å². The number of ether oxygens (including phenoxy) is 3. The molecular weight excluding hydrogens is 308 g/mol. The predicted octanol–water partition coefficient (Wildman–Crippen LogP) is 1.21. The van der Waals surface area contributed by atoms with Crippen LogP contribution >= 0.6 is 0 Å². The first kappa shape index (κ1) is 18.5. The summed E-state index contributed by atoms with van der Waals surface area (Å²) in [4.78, 5) is 8.53. The highest BCUT2D eigenvalue weighted by molar-refractivity contribution is 5.80. The van der Waals surface area contributed by atoms with Gasteiger partial charge in [0.05, 0.1) is 32.1 Å². The van der Waals surface area contributed by atoms with Crippen molar-refractivity contribution < 1.29 is 14.2 Å². The van der Waals surface area contributed by atoms with Crippen molar-refractivity contribution >= 4 is 5.96 Å². The summed E-state index contributed by atoms with van der Waals surface area (Å²) in [5.41, 5.74) is 0. The molecule has 0 saturated carbocycles. The first-order valence-corrected chi connectivity index (χ1v) is 8.55. The van der Waals surface area contributed by atoms with Crippen molar-refractivity contribution in [2.45, 2.75) is 32.4 Å². The fraction of sp³-hybridized carbons (Fsp3) is 0.647. The molecule has 2 heterocycles. The summed E-state index contributed by atoms with van der Waals surface area (Å²) in [7, 11) is 0. The van der Waals surface area contributed by atoms with Crippen molar-refractivity contribution in [3.63, 3.8) is 0 Å². The normalized spacial score (nSPS) is 19.1. The van der Waals surface area contributed by atoms with E-state index in [4.69, 9.17) is 14.2 Å². The van der Waals surface area contributed by atoms with Gasteiger partial charge in [-0.3, -0.25) is 4.98 Å². The molecule has 1 aromatic rings. The molecule has 1 aliphatic heterocycles. The smallest absolute Gasteiger partial charge is 0.191 e. The van der Waals surface area contributed by atoms with E-state index in [1.54, 1.807) is 12.4 Å². The number of hydrogen-bond acceptors (Lipinski definition) is 5. The Labute approximate surface area is 143 Å². The van der Waals surface area contributed by atoms with Gasteiger partial charge in [-0.25, -0.2) is 4.99 Å². The molecule has 7 nitrogen and oxygen atoms in total. The molecule has 7 heteroatoms. The fourth-order valence-electron chi connectivity index (χ4n) is 2.27. The van der Waals surface area contributed by atoms with Crippen LogP contribution in [0.4, 0.5) is 0 Å². The fourth-order valence-corrected chi connectivity index (χ4v) is 2.27. The Kier molecular flexibility index (Phi) is 8.34. The quantitative estimate of drug-likeness (QED) is 0.401. The molecule has 2 atom stereocenters. The van der Waals surface area contributed by atoms with Gasteiger partial charge in [-0.1, -0.05) is 0 Å². The Morgan fingerprint density at radius 3 is 3.17 bits per heavy atom. The molecule has 1 saturated heterocycles. The van der Waals surface area contributed by atoms with E-state index in [2.05, 4.69) is 27.5 Å². The lowest BCUT2D eigenvalue weighted by Gasteiger charge is -2.19. The molecule has 1 fully saturated rings. The number of rotatable bonds is 9. The highest BCUT2D eigenvalue weighted by Crippen LogP contribution is 2.08. The molecule has 0 amide bonds. The number of aliphatic imine (C=N–C) groups is 1. The maximum atomic E-state index is 5.83. The number of guanidine groups is 1. The minimum atomic E-state index is 0.169. The number of nitrogens with zero attached hydrogens (tertiary/aromatic N) is 2. The summed E-state index contributed by atoms with van der Waals surface area (Å²) >= 11 is 0. The summed E-state index contributed by atoms with van der Waals surface area (Å²) in [6, 6.07) is 3.90. The zero-order chi connectivity index (χ0) is 17.0. The van der Waals surface area contributed by atoms with E-state index < -0.39 is 0 Å². The van der Waals surface area contributed by atoms with Crippen molar-refractivity contribution in [1.82, 2.24) is 15.6 Å². The molecule has 0 radical (unpaired) electrons. The summed E-state index contributed by atoms with van der Waals surface area (Å²) < 4.78 is 16.7. The SMILES string of the molecule is CCNC(=NCCOc1cccnc1)NC(C)COC1CCOC1. The highest BCUT2D eigenvalue weighted by Gasteiger charge is 2.17. The number of aromatic nitrogens is 1. The first-order chi connectivity index (χ1) is 11.8. The average molecular weight is 336 g/mol. The van der Waals surface area contributed by atoms with Crippen LogP contribution in [0.3, 0.4) is 0 Å². The van der Waals surface area contributed by atoms with E-state index in [-0.39, 0.29) is 12.1 Å². The van der Waals surface area contributed by atoms with Gasteiger partial charge >= 0.3 is 0 Å². The molecule has 0 aliphatic carbocycles. The van der Waals surface area contributed by atoms with Crippen LogP contribution < -0.4 is 15.4 Å². The number of hydrogen-bond donors (Lipinski definition) is 2. The monoisotopic (exact) mass is 336 g/mol. The maximum absolute atomic E-state index is 5.83. The highest BCUT2D eigenvalue weighted by atomic mass is 16.5. The van der Waals surface area contributed by atoms with Crippen molar-refractivity contribution in [2.24, 2.45) is 4.99 Å². The topological polar surface area (TPSA) is 77.0 Å². The van der Waals surface area contributed by atoms with Crippen LogP contribution in [0.25, 0.3) is 0 Å². The van der Waals surface area contributed by atoms with Gasteiger partial charge in [0.1, 0.15) is 12.4 Å². The lowest BCUT2D eigenvalue weighted by Crippen LogP contribution is -2.44. The second kappa shape index (κ2) is 10.8. The second-order valence-electron chi connectivity index (χ2n) is 5.66. The van der Waals surface area contributed by atoms with E-state index in [0.29, 0.717) is 26.4 Å². The van der Waals surface area contributed by atoms with Gasteiger partial charge in [-0.05, 0) is 32.4 Å². The van der Waals surface area contributed by atoms with Crippen LogP contribution in [0.5, 0.6) is 5.75 Å².